The van der Waals surface area contributed by atoms with Gasteiger partial charge < -0.3 is 10.5 Å². The van der Waals surface area contributed by atoms with E-state index in [1.165, 1.54) is 6.20 Å². The quantitative estimate of drug-likeness (QED) is 0.795. The first kappa shape index (κ1) is 11.0. The fourth-order valence-electron chi connectivity index (χ4n) is 1.59. The van der Waals surface area contributed by atoms with Crippen molar-refractivity contribution in [3.05, 3.63) is 42.1 Å². The fourth-order valence-corrected chi connectivity index (χ4v) is 1.59. The van der Waals surface area contributed by atoms with Gasteiger partial charge in [-0.05, 0) is 23.8 Å². The van der Waals surface area contributed by atoms with Crippen molar-refractivity contribution in [1.82, 2.24) is 4.98 Å². The van der Waals surface area contributed by atoms with E-state index in [-0.39, 0.29) is 0 Å². The highest BCUT2D eigenvalue weighted by atomic mass is 16.5. The molecule has 17 heavy (non-hydrogen) atoms. The van der Waals surface area contributed by atoms with Crippen LogP contribution in [-0.2, 0) is 0 Å². The summed E-state index contributed by atoms with van der Waals surface area (Å²) >= 11 is 0. The van der Waals surface area contributed by atoms with Gasteiger partial charge in [0.25, 0.3) is 0 Å². The van der Waals surface area contributed by atoms with Crippen molar-refractivity contribution >= 4 is 5.69 Å². The predicted octanol–water partition coefficient (Wildman–Crippen LogP) is 2.21. The summed E-state index contributed by atoms with van der Waals surface area (Å²) < 4.78 is 5.18. The normalized spacial score (nSPS) is 9.65. The number of hydrogen-bond acceptors (Lipinski definition) is 4. The van der Waals surface area contributed by atoms with E-state index >= 15 is 0 Å². The topological polar surface area (TPSA) is 71.9 Å². The van der Waals surface area contributed by atoms with Gasteiger partial charge in [0.05, 0.1) is 12.7 Å². The Labute approximate surface area is 99.3 Å². The zero-order valence-electron chi connectivity index (χ0n) is 9.34. The summed E-state index contributed by atoms with van der Waals surface area (Å²) in [6.45, 7) is 0. The van der Waals surface area contributed by atoms with E-state index in [1.54, 1.807) is 19.2 Å². The van der Waals surface area contributed by atoms with Gasteiger partial charge in [-0.2, -0.15) is 5.26 Å². The molecule has 2 aromatic rings. The van der Waals surface area contributed by atoms with Crippen molar-refractivity contribution < 1.29 is 4.74 Å². The molecule has 1 aromatic carbocycles. The molecule has 2 rings (SSSR count). The average Bonchev–Trinajstić information content (AvgIpc) is 2.38. The first-order chi connectivity index (χ1) is 8.24. The third-order valence-corrected chi connectivity index (χ3v) is 2.37. The molecule has 0 spiro atoms. The van der Waals surface area contributed by atoms with Crippen LogP contribution in [0.1, 0.15) is 5.56 Å². The predicted molar refractivity (Wildman–Crippen MR) is 65.4 cm³/mol. The number of ether oxygens (including phenoxy) is 1. The number of nitrogen functional groups attached to an aromatic ring is 1. The summed E-state index contributed by atoms with van der Waals surface area (Å²) in [6, 6.07) is 11.2. The van der Waals surface area contributed by atoms with Gasteiger partial charge in [0.1, 0.15) is 6.07 Å². The molecule has 0 unspecified atom stereocenters. The van der Waals surface area contributed by atoms with Crippen LogP contribution < -0.4 is 10.5 Å². The van der Waals surface area contributed by atoms with E-state index < -0.39 is 0 Å². The molecule has 0 bridgehead atoms. The number of benzene rings is 1. The summed E-state index contributed by atoms with van der Waals surface area (Å²) in [4.78, 5) is 4.09. The van der Waals surface area contributed by atoms with Gasteiger partial charge in [-0.1, -0.05) is 12.1 Å². The van der Waals surface area contributed by atoms with Crippen LogP contribution in [0.2, 0.25) is 0 Å². The maximum atomic E-state index is 8.87. The van der Waals surface area contributed by atoms with Crippen LogP contribution >= 0.6 is 0 Å². The maximum Gasteiger partial charge on any atom is 0.221 e. The molecule has 4 nitrogen and oxygen atoms in total. The molecule has 1 aromatic heterocycles. The maximum absolute atomic E-state index is 8.87. The van der Waals surface area contributed by atoms with Crippen LogP contribution in [0.5, 0.6) is 5.88 Å². The van der Waals surface area contributed by atoms with Crippen molar-refractivity contribution in [2.75, 3.05) is 12.8 Å². The summed E-state index contributed by atoms with van der Waals surface area (Å²) in [5, 5.41) is 8.87. The minimum absolute atomic E-state index is 0.481. The number of nitrogens with two attached hydrogens (primary N) is 1. The third kappa shape index (κ3) is 2.18. The van der Waals surface area contributed by atoms with Gasteiger partial charge in [-0.25, -0.2) is 4.98 Å². The van der Waals surface area contributed by atoms with Crippen LogP contribution in [0.3, 0.4) is 0 Å². The first-order valence-electron chi connectivity index (χ1n) is 5.04. The molecular formula is C13H11N3O. The molecule has 0 radical (unpaired) electrons. The third-order valence-electron chi connectivity index (χ3n) is 2.37. The zero-order valence-corrected chi connectivity index (χ0v) is 9.34. The lowest BCUT2D eigenvalue weighted by Gasteiger charge is -2.08. The fraction of sp³-hybridized carbons (Fsp3) is 0.0769. The van der Waals surface area contributed by atoms with Crippen LogP contribution in [0.15, 0.2) is 36.5 Å². The second kappa shape index (κ2) is 4.54. The number of rotatable bonds is 2. The molecule has 0 aliphatic carbocycles. The molecule has 0 saturated heterocycles. The van der Waals surface area contributed by atoms with Crippen LogP contribution in [0, 0.1) is 11.3 Å². The Morgan fingerprint density at radius 2 is 2.18 bits per heavy atom. The van der Waals surface area contributed by atoms with Crippen LogP contribution in [-0.4, -0.2) is 12.1 Å². The smallest absolute Gasteiger partial charge is 0.221 e. The van der Waals surface area contributed by atoms with E-state index in [2.05, 4.69) is 11.1 Å². The van der Waals surface area contributed by atoms with Gasteiger partial charge in [0, 0.05) is 17.4 Å². The Morgan fingerprint density at radius 1 is 1.35 bits per heavy atom. The van der Waals surface area contributed by atoms with E-state index in [0.29, 0.717) is 17.1 Å². The van der Waals surface area contributed by atoms with Crippen molar-refractivity contribution in [1.29, 1.82) is 5.26 Å². The standard InChI is InChI=1S/C13H11N3O/c1-17-13-12(5-9(7-14)8-16-13)10-3-2-4-11(15)6-10/h2-6,8H,15H2,1H3. The molecule has 0 amide bonds. The largest absolute Gasteiger partial charge is 0.481 e. The molecule has 0 saturated carbocycles. The Balaban J connectivity index is 2.61. The lowest BCUT2D eigenvalue weighted by Crippen LogP contribution is -1.93. The molecule has 0 aliphatic rings. The number of methoxy groups -OCH3 is 1. The van der Waals surface area contributed by atoms with Crippen molar-refractivity contribution in [3.63, 3.8) is 0 Å². The Morgan fingerprint density at radius 3 is 2.82 bits per heavy atom. The highest BCUT2D eigenvalue weighted by Gasteiger charge is 2.08. The Kier molecular flexibility index (Phi) is 2.93. The lowest BCUT2D eigenvalue weighted by molar-refractivity contribution is 0.399. The second-order valence-electron chi connectivity index (χ2n) is 3.52. The first-order valence-corrected chi connectivity index (χ1v) is 5.04. The summed E-state index contributed by atoms with van der Waals surface area (Å²) in [5.74, 6) is 0.481. The average molecular weight is 225 g/mol. The van der Waals surface area contributed by atoms with Crippen molar-refractivity contribution in [2.24, 2.45) is 0 Å². The molecule has 1 heterocycles. The number of hydrogen-bond donors (Lipinski definition) is 1. The number of aromatic nitrogens is 1. The van der Waals surface area contributed by atoms with E-state index in [1.807, 2.05) is 18.2 Å². The zero-order chi connectivity index (χ0) is 12.3. The second-order valence-corrected chi connectivity index (χ2v) is 3.52. The van der Waals surface area contributed by atoms with E-state index in [4.69, 9.17) is 15.7 Å². The Bertz CT molecular complexity index is 587. The van der Waals surface area contributed by atoms with Gasteiger partial charge in [0.2, 0.25) is 5.88 Å². The molecular weight excluding hydrogens is 214 g/mol. The van der Waals surface area contributed by atoms with Crippen LogP contribution in [0.25, 0.3) is 11.1 Å². The highest BCUT2D eigenvalue weighted by Crippen LogP contribution is 2.29. The minimum Gasteiger partial charge on any atom is -0.481 e. The molecule has 2 N–H and O–H groups in total. The minimum atomic E-state index is 0.481. The molecule has 4 heteroatoms. The van der Waals surface area contributed by atoms with Gasteiger partial charge >= 0.3 is 0 Å². The number of nitrogens with zero attached hydrogens (tertiary/aromatic N) is 2. The van der Waals surface area contributed by atoms with E-state index in [9.17, 15) is 0 Å². The number of pyridine rings is 1. The van der Waals surface area contributed by atoms with Gasteiger partial charge in [-0.3, -0.25) is 0 Å². The van der Waals surface area contributed by atoms with Crippen molar-refractivity contribution in [3.8, 4) is 23.1 Å². The monoisotopic (exact) mass is 225 g/mol. The molecule has 0 aliphatic heterocycles. The summed E-state index contributed by atoms with van der Waals surface area (Å²) in [5.41, 5.74) is 8.52. The molecule has 0 atom stereocenters. The highest BCUT2D eigenvalue weighted by molar-refractivity contribution is 5.72. The van der Waals surface area contributed by atoms with E-state index in [0.717, 1.165) is 11.1 Å². The van der Waals surface area contributed by atoms with Gasteiger partial charge in [0.15, 0.2) is 0 Å². The number of nitriles is 1. The van der Waals surface area contributed by atoms with Gasteiger partial charge in [-0.15, -0.1) is 0 Å². The lowest BCUT2D eigenvalue weighted by atomic mass is 10.0. The molecule has 0 fully saturated rings. The summed E-state index contributed by atoms with van der Waals surface area (Å²) in [7, 11) is 1.55. The van der Waals surface area contributed by atoms with Crippen molar-refractivity contribution in [2.45, 2.75) is 0 Å². The molecule has 84 valence electrons. The number of anilines is 1. The Hall–Kier alpha value is -2.54. The summed E-state index contributed by atoms with van der Waals surface area (Å²) in [6.07, 6.45) is 1.48. The SMILES string of the molecule is COc1ncc(C#N)cc1-c1cccc(N)c1. The van der Waals surface area contributed by atoms with Crippen LogP contribution in [0.4, 0.5) is 5.69 Å².